The predicted molar refractivity (Wildman–Crippen MR) is 99.1 cm³/mol. The van der Waals surface area contributed by atoms with Gasteiger partial charge in [0.05, 0.1) is 6.04 Å². The molecule has 140 valence electrons. The van der Waals surface area contributed by atoms with E-state index in [0.717, 1.165) is 5.56 Å². The van der Waals surface area contributed by atoms with E-state index in [9.17, 15) is 18.8 Å². The van der Waals surface area contributed by atoms with E-state index in [1.165, 1.54) is 17.0 Å². The number of carbonyl (C=O) groups excluding carboxylic acids is 3. The van der Waals surface area contributed by atoms with E-state index in [4.69, 9.17) is 0 Å². The largest absolute Gasteiger partial charge is 0.323 e. The van der Waals surface area contributed by atoms with Gasteiger partial charge >= 0.3 is 0 Å². The van der Waals surface area contributed by atoms with Crippen LogP contribution in [0.1, 0.15) is 37.9 Å². The first-order valence-electron chi connectivity index (χ1n) is 8.89. The fourth-order valence-corrected chi connectivity index (χ4v) is 3.47. The highest BCUT2D eigenvalue weighted by Gasteiger charge is 2.53. The van der Waals surface area contributed by atoms with E-state index in [2.05, 4.69) is 0 Å². The molecule has 0 bridgehead atoms. The molecular weight excluding hydrogens is 345 g/mol. The Hall–Kier alpha value is -2.82. The summed E-state index contributed by atoms with van der Waals surface area (Å²) in [7, 11) is 0. The quantitative estimate of drug-likeness (QED) is 0.611. The van der Waals surface area contributed by atoms with Crippen molar-refractivity contribution >= 4 is 17.5 Å². The van der Waals surface area contributed by atoms with Gasteiger partial charge in [-0.3, -0.25) is 14.4 Å². The molecule has 0 aromatic heterocycles. The molecule has 0 saturated carbocycles. The minimum atomic E-state index is -1.21. The number of rotatable bonds is 4. The molecule has 2 aromatic rings. The predicted octanol–water partition coefficient (Wildman–Crippen LogP) is 3.71. The Balaban J connectivity index is 2.11. The number of ketones is 2. The van der Waals surface area contributed by atoms with Crippen LogP contribution in [-0.2, 0) is 20.9 Å². The van der Waals surface area contributed by atoms with Crippen molar-refractivity contribution in [3.63, 3.8) is 0 Å². The highest BCUT2D eigenvalue weighted by molar-refractivity contribution is 6.43. The number of amides is 1. The van der Waals surface area contributed by atoms with Gasteiger partial charge in [-0.25, -0.2) is 4.39 Å². The number of nitrogens with zero attached hydrogens (tertiary/aromatic N) is 1. The average Bonchev–Trinajstić information content (AvgIpc) is 2.86. The second-order valence-corrected chi connectivity index (χ2v) is 7.84. The van der Waals surface area contributed by atoms with Crippen LogP contribution >= 0.6 is 0 Å². The summed E-state index contributed by atoms with van der Waals surface area (Å²) in [5, 5.41) is 0. The van der Waals surface area contributed by atoms with Gasteiger partial charge < -0.3 is 4.90 Å². The first kappa shape index (κ1) is 19.0. The second-order valence-electron chi connectivity index (χ2n) is 7.84. The molecule has 2 atom stereocenters. The van der Waals surface area contributed by atoms with Crippen molar-refractivity contribution in [1.29, 1.82) is 0 Å². The van der Waals surface area contributed by atoms with Crippen LogP contribution < -0.4 is 0 Å². The van der Waals surface area contributed by atoms with E-state index in [1.54, 1.807) is 32.9 Å². The van der Waals surface area contributed by atoms with Crippen LogP contribution in [0.4, 0.5) is 4.39 Å². The zero-order valence-electron chi connectivity index (χ0n) is 15.6. The number of halogens is 1. The second kappa shape index (κ2) is 7.06. The molecule has 5 heteroatoms. The van der Waals surface area contributed by atoms with E-state index < -0.39 is 34.9 Å². The zero-order chi connectivity index (χ0) is 19.8. The van der Waals surface area contributed by atoms with Gasteiger partial charge in [0.2, 0.25) is 5.78 Å². The first-order chi connectivity index (χ1) is 12.7. The Morgan fingerprint density at radius 3 is 2.19 bits per heavy atom. The van der Waals surface area contributed by atoms with Crippen LogP contribution in [0.5, 0.6) is 0 Å². The van der Waals surface area contributed by atoms with Crippen molar-refractivity contribution in [3.8, 4) is 0 Å². The van der Waals surface area contributed by atoms with Crippen molar-refractivity contribution in [2.24, 2.45) is 11.3 Å². The molecule has 0 radical (unpaired) electrons. The highest BCUT2D eigenvalue weighted by Crippen LogP contribution is 2.41. The molecule has 3 rings (SSSR count). The topological polar surface area (TPSA) is 54.5 Å². The fourth-order valence-electron chi connectivity index (χ4n) is 3.47. The van der Waals surface area contributed by atoms with Crippen LogP contribution in [0.2, 0.25) is 0 Å². The summed E-state index contributed by atoms with van der Waals surface area (Å²) in [6, 6.07) is 14.2. The Bertz CT molecular complexity index is 886. The van der Waals surface area contributed by atoms with E-state index in [-0.39, 0.29) is 17.9 Å². The number of hydrogen-bond donors (Lipinski definition) is 0. The zero-order valence-corrected chi connectivity index (χ0v) is 15.6. The van der Waals surface area contributed by atoms with Gasteiger partial charge in [0.25, 0.3) is 5.91 Å². The summed E-state index contributed by atoms with van der Waals surface area (Å²) in [6.07, 6.45) is 0. The maximum Gasteiger partial charge on any atom is 0.291 e. The number of Topliss-reactive ketones (excluding diaryl/α,β-unsaturated/α-hetero) is 2. The molecule has 4 nitrogen and oxygen atoms in total. The number of likely N-dealkylation sites (tertiary alicyclic amines) is 1. The summed E-state index contributed by atoms with van der Waals surface area (Å²) >= 11 is 0. The summed E-state index contributed by atoms with van der Waals surface area (Å²) in [6.45, 7) is 5.24. The SMILES string of the molecule is CC(C)(C)C(=O)C1C(=O)C(=O)N(Cc2ccccc2)C1c1ccccc1F. The van der Waals surface area contributed by atoms with E-state index in [1.807, 2.05) is 30.3 Å². The third-order valence-corrected chi connectivity index (χ3v) is 4.85. The van der Waals surface area contributed by atoms with Crippen molar-refractivity contribution in [2.45, 2.75) is 33.4 Å². The monoisotopic (exact) mass is 367 g/mol. The minimum absolute atomic E-state index is 0.137. The van der Waals surface area contributed by atoms with Gasteiger partial charge in [0.1, 0.15) is 11.7 Å². The van der Waals surface area contributed by atoms with Crippen molar-refractivity contribution in [2.75, 3.05) is 0 Å². The lowest BCUT2D eigenvalue weighted by Crippen LogP contribution is -2.36. The molecule has 1 aliphatic heterocycles. The van der Waals surface area contributed by atoms with Crippen molar-refractivity contribution in [3.05, 3.63) is 71.5 Å². The lowest BCUT2D eigenvalue weighted by molar-refractivity contribution is -0.143. The molecule has 0 aliphatic carbocycles. The van der Waals surface area contributed by atoms with Crippen LogP contribution in [0.25, 0.3) is 0 Å². The average molecular weight is 367 g/mol. The van der Waals surface area contributed by atoms with E-state index in [0.29, 0.717) is 0 Å². The summed E-state index contributed by atoms with van der Waals surface area (Å²) < 4.78 is 14.6. The number of benzene rings is 2. The number of carbonyl (C=O) groups is 3. The molecule has 2 aromatic carbocycles. The molecule has 1 heterocycles. The molecule has 1 fully saturated rings. The summed E-state index contributed by atoms with van der Waals surface area (Å²) in [5.41, 5.74) is 0.173. The third-order valence-electron chi connectivity index (χ3n) is 4.85. The van der Waals surface area contributed by atoms with Gasteiger partial charge in [-0.15, -0.1) is 0 Å². The lowest BCUT2D eigenvalue weighted by Gasteiger charge is -2.30. The van der Waals surface area contributed by atoms with Crippen LogP contribution in [0, 0.1) is 17.2 Å². The minimum Gasteiger partial charge on any atom is -0.323 e. The number of hydrogen-bond acceptors (Lipinski definition) is 3. The van der Waals surface area contributed by atoms with Gasteiger partial charge in [0, 0.05) is 17.5 Å². The first-order valence-corrected chi connectivity index (χ1v) is 8.89. The lowest BCUT2D eigenvalue weighted by atomic mass is 9.77. The van der Waals surface area contributed by atoms with Crippen molar-refractivity contribution in [1.82, 2.24) is 4.90 Å². The van der Waals surface area contributed by atoms with E-state index >= 15 is 0 Å². The standard InChI is InChI=1S/C22H22FNO3/c1-22(2,3)20(26)17-18(15-11-7-8-12-16(15)23)24(21(27)19(17)25)13-14-9-5-4-6-10-14/h4-12,17-18H,13H2,1-3H3. The maximum atomic E-state index is 14.6. The molecule has 1 amide bonds. The normalized spacial score (nSPS) is 20.2. The van der Waals surface area contributed by atoms with Crippen molar-refractivity contribution < 1.29 is 18.8 Å². The Morgan fingerprint density at radius 2 is 1.59 bits per heavy atom. The van der Waals surface area contributed by atoms with Gasteiger partial charge in [-0.2, -0.15) is 0 Å². The van der Waals surface area contributed by atoms with Crippen LogP contribution in [0.15, 0.2) is 54.6 Å². The highest BCUT2D eigenvalue weighted by atomic mass is 19.1. The summed E-state index contributed by atoms with van der Waals surface area (Å²) in [5.74, 6) is -3.61. The third kappa shape index (κ3) is 3.54. The Kier molecular flexibility index (Phi) is 4.96. The Labute approximate surface area is 158 Å². The molecule has 2 unspecified atom stereocenters. The maximum absolute atomic E-state index is 14.6. The van der Waals surface area contributed by atoms with Gasteiger partial charge in [-0.1, -0.05) is 69.3 Å². The molecule has 0 N–H and O–H groups in total. The van der Waals surface area contributed by atoms with Gasteiger partial charge in [-0.05, 0) is 11.6 Å². The van der Waals surface area contributed by atoms with Gasteiger partial charge in [0.15, 0.2) is 5.78 Å². The fraction of sp³-hybridized carbons (Fsp3) is 0.318. The summed E-state index contributed by atoms with van der Waals surface area (Å²) in [4.78, 5) is 39.8. The smallest absolute Gasteiger partial charge is 0.291 e. The molecule has 27 heavy (non-hydrogen) atoms. The molecular formula is C22H22FNO3. The Morgan fingerprint density at radius 1 is 1.00 bits per heavy atom. The van der Waals surface area contributed by atoms with Crippen LogP contribution in [0.3, 0.4) is 0 Å². The molecule has 1 aliphatic rings. The van der Waals surface area contributed by atoms with Crippen LogP contribution in [-0.4, -0.2) is 22.4 Å². The molecule has 1 saturated heterocycles. The molecule has 0 spiro atoms.